The number of aliphatic hydroxyl groups excluding tert-OH is 1. The third-order valence-electron chi connectivity index (χ3n) is 3.19. The van der Waals surface area contributed by atoms with Gasteiger partial charge in [-0.1, -0.05) is 6.92 Å². The number of hydrogen-bond acceptors (Lipinski definition) is 2. The van der Waals surface area contributed by atoms with E-state index in [1.165, 1.54) is 0 Å². The number of aryl methyl sites for hydroxylation is 2. The zero-order valence-corrected chi connectivity index (χ0v) is 10.4. The molecule has 0 aliphatic rings. The van der Waals surface area contributed by atoms with Gasteiger partial charge in [-0.25, -0.2) is 4.79 Å². The molecule has 0 bridgehead atoms. The number of aromatic nitrogens is 1. The molecule has 0 saturated carbocycles. The van der Waals surface area contributed by atoms with Crippen LogP contribution in [0.2, 0.25) is 0 Å². The van der Waals surface area contributed by atoms with Gasteiger partial charge in [0.2, 0.25) is 0 Å². The minimum atomic E-state index is -0.902. The summed E-state index contributed by atoms with van der Waals surface area (Å²) in [6.07, 6.45) is 4.14. The average molecular weight is 247 g/mol. The summed E-state index contributed by atoms with van der Waals surface area (Å²) >= 11 is 0. The van der Waals surface area contributed by atoms with Crippen LogP contribution in [0, 0.1) is 0 Å². The van der Waals surface area contributed by atoms with Gasteiger partial charge in [-0.15, -0.1) is 0 Å². The summed E-state index contributed by atoms with van der Waals surface area (Å²) in [6.45, 7) is 2.15. The number of carboxylic acids is 1. The Labute approximate surface area is 105 Å². The Morgan fingerprint density at radius 2 is 2.11 bits per heavy atom. The van der Waals surface area contributed by atoms with Gasteiger partial charge in [-0.05, 0) is 42.5 Å². The number of hydrogen-bond donors (Lipinski definition) is 3. The number of benzene rings is 1. The number of aromatic carboxylic acids is 1. The van der Waals surface area contributed by atoms with Crippen molar-refractivity contribution < 1.29 is 15.0 Å². The van der Waals surface area contributed by atoms with E-state index < -0.39 is 5.97 Å². The topological polar surface area (TPSA) is 73.3 Å². The standard InChI is InChI=1S/C14H17NO3/c1-2-9-6-11(14(17)18)7-12-10(4-3-5-16)8-15-13(9)12/h6-8,15-16H,2-5H2,1H3,(H,17,18). The lowest BCUT2D eigenvalue weighted by Crippen LogP contribution is -1.98. The Balaban J connectivity index is 2.56. The first-order chi connectivity index (χ1) is 8.67. The van der Waals surface area contributed by atoms with Crippen LogP contribution in [0.25, 0.3) is 10.9 Å². The van der Waals surface area contributed by atoms with E-state index in [4.69, 9.17) is 10.2 Å². The van der Waals surface area contributed by atoms with Gasteiger partial charge in [0.25, 0.3) is 0 Å². The molecule has 3 N–H and O–H groups in total. The van der Waals surface area contributed by atoms with E-state index in [0.717, 1.165) is 34.9 Å². The maximum absolute atomic E-state index is 11.1. The number of H-pyrrole nitrogens is 1. The third kappa shape index (κ3) is 2.24. The van der Waals surface area contributed by atoms with Gasteiger partial charge in [-0.3, -0.25) is 0 Å². The molecule has 0 saturated heterocycles. The first-order valence-electron chi connectivity index (χ1n) is 6.14. The lowest BCUT2D eigenvalue weighted by atomic mass is 10.0. The molecule has 0 aliphatic carbocycles. The fourth-order valence-electron chi connectivity index (χ4n) is 2.24. The van der Waals surface area contributed by atoms with Crippen molar-refractivity contribution in [1.29, 1.82) is 0 Å². The predicted molar refractivity (Wildman–Crippen MR) is 70.0 cm³/mol. The summed E-state index contributed by atoms with van der Waals surface area (Å²) in [4.78, 5) is 14.3. The zero-order chi connectivity index (χ0) is 13.1. The largest absolute Gasteiger partial charge is 0.478 e. The van der Waals surface area contributed by atoms with Crippen LogP contribution < -0.4 is 0 Å². The minimum absolute atomic E-state index is 0.145. The molecule has 0 aliphatic heterocycles. The van der Waals surface area contributed by atoms with E-state index in [-0.39, 0.29) is 6.61 Å². The van der Waals surface area contributed by atoms with E-state index in [9.17, 15) is 4.79 Å². The number of aromatic amines is 1. The van der Waals surface area contributed by atoms with E-state index in [2.05, 4.69) is 4.98 Å². The van der Waals surface area contributed by atoms with Crippen LogP contribution in [0.1, 0.15) is 34.8 Å². The number of carboxylic acid groups (broad SMARTS) is 1. The molecule has 0 unspecified atom stereocenters. The summed E-state index contributed by atoms with van der Waals surface area (Å²) in [5.74, 6) is -0.902. The van der Waals surface area contributed by atoms with Gasteiger partial charge in [0.1, 0.15) is 0 Å². The Bertz CT molecular complexity index is 572. The van der Waals surface area contributed by atoms with E-state index in [1.54, 1.807) is 12.1 Å². The Morgan fingerprint density at radius 1 is 1.33 bits per heavy atom. The molecule has 18 heavy (non-hydrogen) atoms. The smallest absolute Gasteiger partial charge is 0.335 e. The molecule has 0 fully saturated rings. The van der Waals surface area contributed by atoms with Gasteiger partial charge in [-0.2, -0.15) is 0 Å². The van der Waals surface area contributed by atoms with Crippen LogP contribution in [0.3, 0.4) is 0 Å². The first kappa shape index (κ1) is 12.6. The van der Waals surface area contributed by atoms with Crippen molar-refractivity contribution in [2.75, 3.05) is 6.61 Å². The van der Waals surface area contributed by atoms with Gasteiger partial charge >= 0.3 is 5.97 Å². The highest BCUT2D eigenvalue weighted by atomic mass is 16.4. The molecule has 96 valence electrons. The van der Waals surface area contributed by atoms with Crippen LogP contribution in [-0.2, 0) is 12.8 Å². The van der Waals surface area contributed by atoms with E-state index >= 15 is 0 Å². The summed E-state index contributed by atoms with van der Waals surface area (Å²) in [5.41, 5.74) is 3.41. The average Bonchev–Trinajstić information content (AvgIpc) is 2.78. The Morgan fingerprint density at radius 3 is 2.72 bits per heavy atom. The lowest BCUT2D eigenvalue weighted by Gasteiger charge is -2.04. The summed E-state index contributed by atoms with van der Waals surface area (Å²) < 4.78 is 0. The molecule has 0 amide bonds. The Hall–Kier alpha value is -1.81. The second-order valence-electron chi connectivity index (χ2n) is 4.36. The van der Waals surface area contributed by atoms with Crippen LogP contribution >= 0.6 is 0 Å². The highest BCUT2D eigenvalue weighted by Gasteiger charge is 2.12. The van der Waals surface area contributed by atoms with Gasteiger partial charge < -0.3 is 15.2 Å². The second-order valence-corrected chi connectivity index (χ2v) is 4.36. The van der Waals surface area contributed by atoms with E-state index in [0.29, 0.717) is 12.0 Å². The Kier molecular flexibility index (Phi) is 3.67. The molecule has 0 atom stereocenters. The van der Waals surface area contributed by atoms with Gasteiger partial charge in [0.15, 0.2) is 0 Å². The molecular formula is C14H17NO3. The maximum Gasteiger partial charge on any atom is 0.335 e. The molecule has 0 spiro atoms. The molecule has 0 radical (unpaired) electrons. The fraction of sp³-hybridized carbons (Fsp3) is 0.357. The first-order valence-corrected chi connectivity index (χ1v) is 6.14. The SMILES string of the molecule is CCc1cc(C(=O)O)cc2c(CCCO)c[nH]c12. The minimum Gasteiger partial charge on any atom is -0.478 e. The van der Waals surface area contributed by atoms with Crippen molar-refractivity contribution in [2.24, 2.45) is 0 Å². The number of carbonyl (C=O) groups is 1. The number of rotatable bonds is 5. The van der Waals surface area contributed by atoms with E-state index in [1.807, 2.05) is 13.1 Å². The quantitative estimate of drug-likeness (QED) is 0.759. The number of nitrogens with one attached hydrogen (secondary N) is 1. The molecular weight excluding hydrogens is 230 g/mol. The maximum atomic E-state index is 11.1. The van der Waals surface area contributed by atoms with Crippen molar-refractivity contribution in [3.05, 3.63) is 35.0 Å². The predicted octanol–water partition coefficient (Wildman–Crippen LogP) is 2.35. The molecule has 2 rings (SSSR count). The summed E-state index contributed by atoms with van der Waals surface area (Å²) in [6, 6.07) is 3.43. The molecule has 1 heterocycles. The highest BCUT2D eigenvalue weighted by Crippen LogP contribution is 2.25. The van der Waals surface area contributed by atoms with Crippen molar-refractivity contribution in [2.45, 2.75) is 26.2 Å². The van der Waals surface area contributed by atoms with Gasteiger partial charge in [0, 0.05) is 23.7 Å². The normalized spacial score (nSPS) is 11.0. The zero-order valence-electron chi connectivity index (χ0n) is 10.4. The molecule has 2 aromatic rings. The fourth-order valence-corrected chi connectivity index (χ4v) is 2.24. The van der Waals surface area contributed by atoms with Gasteiger partial charge in [0.05, 0.1) is 5.56 Å². The molecule has 4 heteroatoms. The van der Waals surface area contributed by atoms with Crippen molar-refractivity contribution >= 4 is 16.9 Å². The molecule has 1 aromatic heterocycles. The van der Waals surface area contributed by atoms with Crippen molar-refractivity contribution in [1.82, 2.24) is 4.98 Å². The summed E-state index contributed by atoms with van der Waals surface area (Å²) in [5, 5.41) is 19.0. The molecule has 4 nitrogen and oxygen atoms in total. The van der Waals surface area contributed by atoms with Crippen molar-refractivity contribution in [3.8, 4) is 0 Å². The van der Waals surface area contributed by atoms with Crippen LogP contribution in [0.15, 0.2) is 18.3 Å². The van der Waals surface area contributed by atoms with Crippen molar-refractivity contribution in [3.63, 3.8) is 0 Å². The third-order valence-corrected chi connectivity index (χ3v) is 3.19. The summed E-state index contributed by atoms with van der Waals surface area (Å²) in [7, 11) is 0. The number of aliphatic hydroxyl groups is 1. The lowest BCUT2D eigenvalue weighted by molar-refractivity contribution is 0.0697. The van der Waals surface area contributed by atoms with Crippen LogP contribution in [0.4, 0.5) is 0 Å². The number of fused-ring (bicyclic) bond motifs is 1. The van der Waals surface area contributed by atoms with Crippen LogP contribution in [0.5, 0.6) is 0 Å². The monoisotopic (exact) mass is 247 g/mol. The highest BCUT2D eigenvalue weighted by molar-refractivity contribution is 5.96. The second kappa shape index (κ2) is 5.23. The molecule has 1 aromatic carbocycles. The van der Waals surface area contributed by atoms with Crippen LogP contribution in [-0.4, -0.2) is 27.8 Å².